The van der Waals surface area contributed by atoms with E-state index in [1.54, 1.807) is 4.90 Å². The van der Waals surface area contributed by atoms with Crippen LogP contribution in [0.2, 0.25) is 0 Å². The molecule has 4 heteroatoms. The summed E-state index contributed by atoms with van der Waals surface area (Å²) in [5.41, 5.74) is 1.04. The van der Waals surface area contributed by atoms with Gasteiger partial charge in [0.15, 0.2) is 0 Å². The first kappa shape index (κ1) is 13.6. The van der Waals surface area contributed by atoms with Crippen LogP contribution in [0.25, 0.3) is 0 Å². The van der Waals surface area contributed by atoms with Crippen molar-refractivity contribution in [1.82, 2.24) is 4.90 Å². The molecule has 0 saturated heterocycles. The Morgan fingerprint density at radius 2 is 1.89 bits per heavy atom. The molecule has 1 aliphatic carbocycles. The van der Waals surface area contributed by atoms with Crippen LogP contribution in [0.1, 0.15) is 31.2 Å². The van der Waals surface area contributed by atoms with Gasteiger partial charge >= 0.3 is 5.97 Å². The Hall–Kier alpha value is -1.84. The molecule has 1 saturated carbocycles. The Morgan fingerprint density at radius 1 is 1.21 bits per heavy atom. The SMILES string of the molecule is O=C(O)CCN(Cc1ccccc1)C(=O)C1CCC1. The van der Waals surface area contributed by atoms with Gasteiger partial charge in [-0.15, -0.1) is 0 Å². The number of benzene rings is 1. The quantitative estimate of drug-likeness (QED) is 0.854. The van der Waals surface area contributed by atoms with Crippen LogP contribution in [0.4, 0.5) is 0 Å². The molecule has 1 aliphatic rings. The van der Waals surface area contributed by atoms with Crippen LogP contribution in [-0.4, -0.2) is 28.4 Å². The Morgan fingerprint density at radius 3 is 2.42 bits per heavy atom. The molecule has 102 valence electrons. The van der Waals surface area contributed by atoms with Crippen LogP contribution >= 0.6 is 0 Å². The van der Waals surface area contributed by atoms with Gasteiger partial charge in [-0.2, -0.15) is 0 Å². The fourth-order valence-electron chi connectivity index (χ4n) is 2.21. The number of carboxylic acids is 1. The fourth-order valence-corrected chi connectivity index (χ4v) is 2.21. The molecule has 0 atom stereocenters. The van der Waals surface area contributed by atoms with E-state index in [4.69, 9.17) is 5.11 Å². The van der Waals surface area contributed by atoms with Gasteiger partial charge in [-0.25, -0.2) is 0 Å². The average molecular weight is 261 g/mol. The van der Waals surface area contributed by atoms with Crippen molar-refractivity contribution in [1.29, 1.82) is 0 Å². The van der Waals surface area contributed by atoms with Crippen LogP contribution in [0.15, 0.2) is 30.3 Å². The van der Waals surface area contributed by atoms with E-state index in [2.05, 4.69) is 0 Å². The van der Waals surface area contributed by atoms with Gasteiger partial charge in [-0.05, 0) is 18.4 Å². The number of hydrogen-bond donors (Lipinski definition) is 1. The van der Waals surface area contributed by atoms with Gasteiger partial charge in [0.1, 0.15) is 0 Å². The van der Waals surface area contributed by atoms with Crippen LogP contribution in [0.3, 0.4) is 0 Å². The molecule has 2 rings (SSSR count). The van der Waals surface area contributed by atoms with Crippen molar-refractivity contribution >= 4 is 11.9 Å². The smallest absolute Gasteiger partial charge is 0.305 e. The van der Waals surface area contributed by atoms with E-state index < -0.39 is 5.97 Å². The summed E-state index contributed by atoms with van der Waals surface area (Å²) in [6.45, 7) is 0.795. The molecule has 1 aromatic carbocycles. The molecule has 1 fully saturated rings. The predicted molar refractivity (Wildman–Crippen MR) is 71.5 cm³/mol. The minimum absolute atomic E-state index is 0.00525. The molecule has 1 amide bonds. The molecule has 0 radical (unpaired) electrons. The van der Waals surface area contributed by atoms with E-state index in [1.165, 1.54) is 0 Å². The second-order valence-electron chi connectivity index (χ2n) is 5.02. The minimum atomic E-state index is -0.862. The second kappa shape index (κ2) is 6.36. The predicted octanol–water partition coefficient (Wildman–Crippen LogP) is 2.29. The normalized spacial score (nSPS) is 14.7. The molecule has 0 aliphatic heterocycles. The molecule has 1 N–H and O–H groups in total. The lowest BCUT2D eigenvalue weighted by atomic mass is 9.84. The monoisotopic (exact) mass is 261 g/mol. The Labute approximate surface area is 113 Å². The molecule has 1 aromatic rings. The highest BCUT2D eigenvalue weighted by Crippen LogP contribution is 2.28. The van der Waals surface area contributed by atoms with Crippen molar-refractivity contribution in [2.75, 3.05) is 6.54 Å². The van der Waals surface area contributed by atoms with Crippen molar-refractivity contribution in [3.05, 3.63) is 35.9 Å². The Bertz CT molecular complexity index is 440. The molecule has 0 heterocycles. The van der Waals surface area contributed by atoms with Crippen LogP contribution in [0, 0.1) is 5.92 Å². The summed E-state index contributed by atoms with van der Waals surface area (Å²) < 4.78 is 0. The number of aliphatic carboxylic acids is 1. The first-order chi connectivity index (χ1) is 9.16. The summed E-state index contributed by atoms with van der Waals surface area (Å²) in [7, 11) is 0. The first-order valence-electron chi connectivity index (χ1n) is 6.71. The maximum Gasteiger partial charge on any atom is 0.305 e. The maximum absolute atomic E-state index is 12.3. The lowest BCUT2D eigenvalue weighted by Crippen LogP contribution is -2.39. The summed E-state index contributed by atoms with van der Waals surface area (Å²) in [5.74, 6) is -0.645. The highest BCUT2D eigenvalue weighted by molar-refractivity contribution is 5.80. The number of carbonyl (C=O) groups excluding carboxylic acids is 1. The zero-order valence-corrected chi connectivity index (χ0v) is 10.9. The molecule has 0 aromatic heterocycles. The third kappa shape index (κ3) is 3.81. The summed E-state index contributed by atoms with van der Waals surface area (Å²) in [4.78, 5) is 24.7. The maximum atomic E-state index is 12.3. The fraction of sp³-hybridized carbons (Fsp3) is 0.467. The molecule has 0 unspecified atom stereocenters. The largest absolute Gasteiger partial charge is 0.481 e. The molecule has 19 heavy (non-hydrogen) atoms. The van der Waals surface area contributed by atoms with E-state index in [1.807, 2.05) is 30.3 Å². The van der Waals surface area contributed by atoms with Gasteiger partial charge in [0.2, 0.25) is 5.91 Å². The summed E-state index contributed by atoms with van der Waals surface area (Å²) >= 11 is 0. The topological polar surface area (TPSA) is 57.6 Å². The third-order valence-corrected chi connectivity index (χ3v) is 3.58. The van der Waals surface area contributed by atoms with Crippen LogP contribution < -0.4 is 0 Å². The van der Waals surface area contributed by atoms with Gasteiger partial charge in [0.25, 0.3) is 0 Å². The highest BCUT2D eigenvalue weighted by Gasteiger charge is 2.29. The highest BCUT2D eigenvalue weighted by atomic mass is 16.4. The zero-order chi connectivity index (χ0) is 13.7. The zero-order valence-electron chi connectivity index (χ0n) is 10.9. The van der Waals surface area contributed by atoms with Crippen molar-refractivity contribution in [3.8, 4) is 0 Å². The van der Waals surface area contributed by atoms with Gasteiger partial charge < -0.3 is 10.0 Å². The molecular formula is C15H19NO3. The van der Waals surface area contributed by atoms with Crippen molar-refractivity contribution in [3.63, 3.8) is 0 Å². The van der Waals surface area contributed by atoms with Crippen LogP contribution in [0.5, 0.6) is 0 Å². The van der Waals surface area contributed by atoms with Gasteiger partial charge in [0.05, 0.1) is 6.42 Å². The summed E-state index contributed by atoms with van der Waals surface area (Å²) in [5, 5.41) is 8.78. The molecule has 0 spiro atoms. The van der Waals surface area contributed by atoms with Crippen molar-refractivity contribution < 1.29 is 14.7 Å². The minimum Gasteiger partial charge on any atom is -0.481 e. The van der Waals surface area contributed by atoms with Crippen molar-refractivity contribution in [2.45, 2.75) is 32.2 Å². The van der Waals surface area contributed by atoms with Crippen LogP contribution in [-0.2, 0) is 16.1 Å². The first-order valence-corrected chi connectivity index (χ1v) is 6.71. The lowest BCUT2D eigenvalue weighted by Gasteiger charge is -2.31. The van der Waals surface area contributed by atoms with E-state index in [0.29, 0.717) is 13.1 Å². The number of nitrogens with zero attached hydrogens (tertiary/aromatic N) is 1. The number of rotatable bonds is 6. The second-order valence-corrected chi connectivity index (χ2v) is 5.02. The third-order valence-electron chi connectivity index (χ3n) is 3.58. The lowest BCUT2D eigenvalue weighted by molar-refractivity contribution is -0.141. The number of carbonyl (C=O) groups is 2. The average Bonchev–Trinajstić information content (AvgIpc) is 2.33. The van der Waals surface area contributed by atoms with Gasteiger partial charge in [-0.3, -0.25) is 9.59 Å². The van der Waals surface area contributed by atoms with E-state index in [9.17, 15) is 9.59 Å². The summed E-state index contributed by atoms with van der Waals surface area (Å²) in [6.07, 6.45) is 2.99. The number of hydrogen-bond acceptors (Lipinski definition) is 2. The Kier molecular flexibility index (Phi) is 4.55. The van der Waals surface area contributed by atoms with Crippen molar-refractivity contribution in [2.24, 2.45) is 5.92 Å². The van der Waals surface area contributed by atoms with E-state index >= 15 is 0 Å². The van der Waals surface area contributed by atoms with Gasteiger partial charge in [-0.1, -0.05) is 36.8 Å². The van der Waals surface area contributed by atoms with Gasteiger partial charge in [0, 0.05) is 19.0 Å². The standard InChI is InChI=1S/C15H19NO3/c17-14(18)9-10-16(15(19)13-7-4-8-13)11-12-5-2-1-3-6-12/h1-3,5-6,13H,4,7-11H2,(H,17,18). The molecule has 0 bridgehead atoms. The summed E-state index contributed by atoms with van der Waals surface area (Å²) in [6, 6.07) is 9.71. The van der Waals surface area contributed by atoms with E-state index in [0.717, 1.165) is 24.8 Å². The number of amides is 1. The van der Waals surface area contributed by atoms with E-state index in [-0.39, 0.29) is 18.2 Å². The Balaban J connectivity index is 2.00. The molecule has 4 nitrogen and oxygen atoms in total. The molecular weight excluding hydrogens is 242 g/mol. The number of carboxylic acid groups (broad SMARTS) is 1.